The maximum atomic E-state index is 12.1. The zero-order valence-corrected chi connectivity index (χ0v) is 11.5. The lowest BCUT2D eigenvalue weighted by Crippen LogP contribution is -2.37. The standard InChI is InChI=1S/C14H18ClNO2/c1-10(15)14(17)16(12-7-8-12)9-11-5-3-4-6-13(11)18-2/h3-6,10,12H,7-9H2,1-2H3. The van der Waals surface area contributed by atoms with Crippen LogP contribution >= 0.6 is 11.6 Å². The van der Waals surface area contributed by atoms with Crippen LogP contribution in [0, 0.1) is 0 Å². The van der Waals surface area contributed by atoms with E-state index in [1.165, 1.54) is 0 Å². The third kappa shape index (κ3) is 2.96. The summed E-state index contributed by atoms with van der Waals surface area (Å²) < 4.78 is 5.32. The molecule has 1 saturated carbocycles. The van der Waals surface area contributed by atoms with Crippen LogP contribution in [0.3, 0.4) is 0 Å². The highest BCUT2D eigenvalue weighted by Crippen LogP contribution is 2.31. The maximum absolute atomic E-state index is 12.1. The van der Waals surface area contributed by atoms with Gasteiger partial charge in [0.15, 0.2) is 0 Å². The van der Waals surface area contributed by atoms with Gasteiger partial charge in [-0.15, -0.1) is 11.6 Å². The number of carbonyl (C=O) groups excluding carboxylic acids is 1. The van der Waals surface area contributed by atoms with Gasteiger partial charge in [-0.25, -0.2) is 0 Å². The van der Waals surface area contributed by atoms with Crippen molar-refractivity contribution in [3.63, 3.8) is 0 Å². The molecule has 0 aliphatic heterocycles. The second-order valence-electron chi connectivity index (χ2n) is 4.63. The summed E-state index contributed by atoms with van der Waals surface area (Å²) in [7, 11) is 1.65. The molecule has 1 amide bonds. The summed E-state index contributed by atoms with van der Waals surface area (Å²) in [6.07, 6.45) is 2.15. The predicted octanol–water partition coefficient (Wildman–Crippen LogP) is 2.81. The zero-order chi connectivity index (χ0) is 13.1. The highest BCUT2D eigenvalue weighted by Gasteiger charge is 2.34. The first-order valence-corrected chi connectivity index (χ1v) is 6.63. The number of rotatable bonds is 5. The minimum absolute atomic E-state index is 0.00470. The number of ether oxygens (including phenoxy) is 1. The molecule has 4 heteroatoms. The van der Waals surface area contributed by atoms with Gasteiger partial charge >= 0.3 is 0 Å². The van der Waals surface area contributed by atoms with Crippen LogP contribution in [0.5, 0.6) is 5.75 Å². The smallest absolute Gasteiger partial charge is 0.240 e. The minimum atomic E-state index is -0.472. The lowest BCUT2D eigenvalue weighted by Gasteiger charge is -2.24. The van der Waals surface area contributed by atoms with E-state index in [4.69, 9.17) is 16.3 Å². The first-order valence-electron chi connectivity index (χ1n) is 6.20. The molecule has 2 rings (SSSR count). The molecule has 18 heavy (non-hydrogen) atoms. The molecule has 1 aromatic rings. The number of methoxy groups -OCH3 is 1. The Morgan fingerprint density at radius 3 is 2.72 bits per heavy atom. The molecule has 98 valence electrons. The van der Waals surface area contributed by atoms with Crippen molar-refractivity contribution in [1.82, 2.24) is 4.90 Å². The zero-order valence-electron chi connectivity index (χ0n) is 10.7. The van der Waals surface area contributed by atoms with E-state index in [0.717, 1.165) is 24.2 Å². The summed E-state index contributed by atoms with van der Waals surface area (Å²) in [6.45, 7) is 2.30. The van der Waals surface area contributed by atoms with E-state index in [1.54, 1.807) is 14.0 Å². The molecule has 0 bridgehead atoms. The Morgan fingerprint density at radius 1 is 1.50 bits per heavy atom. The van der Waals surface area contributed by atoms with Gasteiger partial charge in [-0.2, -0.15) is 0 Å². The molecule has 1 unspecified atom stereocenters. The van der Waals surface area contributed by atoms with Crippen molar-refractivity contribution in [1.29, 1.82) is 0 Å². The first-order chi connectivity index (χ1) is 8.63. The molecule has 0 radical (unpaired) electrons. The third-order valence-corrected chi connectivity index (χ3v) is 3.33. The molecule has 1 aliphatic rings. The first kappa shape index (κ1) is 13.2. The molecule has 0 aromatic heterocycles. The molecular weight excluding hydrogens is 250 g/mol. The van der Waals surface area contributed by atoms with Crippen molar-refractivity contribution in [2.45, 2.75) is 37.7 Å². The van der Waals surface area contributed by atoms with Gasteiger partial charge in [-0.3, -0.25) is 4.79 Å². The topological polar surface area (TPSA) is 29.5 Å². The molecule has 1 aromatic carbocycles. The summed E-state index contributed by atoms with van der Waals surface area (Å²) >= 11 is 5.91. The van der Waals surface area contributed by atoms with Crippen LogP contribution in [0.1, 0.15) is 25.3 Å². The lowest BCUT2D eigenvalue weighted by molar-refractivity contribution is -0.131. The highest BCUT2D eigenvalue weighted by atomic mass is 35.5. The van der Waals surface area contributed by atoms with Crippen LogP contribution in [-0.2, 0) is 11.3 Å². The van der Waals surface area contributed by atoms with Crippen LogP contribution in [0.4, 0.5) is 0 Å². The van der Waals surface area contributed by atoms with Gasteiger partial charge in [0.05, 0.1) is 7.11 Å². The Hall–Kier alpha value is -1.22. The Balaban J connectivity index is 2.16. The average molecular weight is 268 g/mol. The average Bonchev–Trinajstić information content (AvgIpc) is 3.19. The van der Waals surface area contributed by atoms with E-state index < -0.39 is 5.38 Å². The lowest BCUT2D eigenvalue weighted by atomic mass is 10.1. The van der Waals surface area contributed by atoms with E-state index in [2.05, 4.69) is 0 Å². The third-order valence-electron chi connectivity index (χ3n) is 3.14. The second kappa shape index (κ2) is 5.61. The molecule has 0 N–H and O–H groups in total. The number of nitrogens with zero attached hydrogens (tertiary/aromatic N) is 1. The van der Waals surface area contributed by atoms with Crippen molar-refractivity contribution in [2.24, 2.45) is 0 Å². The Labute approximate surface area is 113 Å². The summed E-state index contributed by atoms with van der Waals surface area (Å²) in [4.78, 5) is 14.0. The number of hydrogen-bond acceptors (Lipinski definition) is 2. The SMILES string of the molecule is COc1ccccc1CN(C(=O)C(C)Cl)C1CC1. The second-order valence-corrected chi connectivity index (χ2v) is 5.28. The van der Waals surface area contributed by atoms with Crippen molar-refractivity contribution in [3.05, 3.63) is 29.8 Å². The van der Waals surface area contributed by atoms with Gasteiger partial charge < -0.3 is 9.64 Å². The van der Waals surface area contributed by atoms with Crippen LogP contribution in [0.25, 0.3) is 0 Å². The van der Waals surface area contributed by atoms with Crippen molar-refractivity contribution in [2.75, 3.05) is 7.11 Å². The number of benzene rings is 1. The number of hydrogen-bond donors (Lipinski definition) is 0. The summed E-state index contributed by atoms with van der Waals surface area (Å²) in [5.41, 5.74) is 1.03. The van der Waals surface area contributed by atoms with Gasteiger partial charge in [0.25, 0.3) is 0 Å². The highest BCUT2D eigenvalue weighted by molar-refractivity contribution is 6.30. The number of amides is 1. The van der Waals surface area contributed by atoms with Gasteiger partial charge in [0, 0.05) is 18.2 Å². The molecule has 0 spiro atoms. The summed E-state index contributed by atoms with van der Waals surface area (Å²) in [5.74, 6) is 0.822. The number of carbonyl (C=O) groups is 1. The molecule has 0 saturated heterocycles. The van der Waals surface area contributed by atoms with E-state index in [1.807, 2.05) is 29.2 Å². The van der Waals surface area contributed by atoms with Crippen molar-refractivity contribution in [3.8, 4) is 5.75 Å². The molecule has 3 nitrogen and oxygen atoms in total. The van der Waals surface area contributed by atoms with E-state index in [9.17, 15) is 4.79 Å². The van der Waals surface area contributed by atoms with Crippen LogP contribution < -0.4 is 4.74 Å². The molecular formula is C14H18ClNO2. The monoisotopic (exact) mass is 267 g/mol. The normalized spacial score (nSPS) is 16.2. The van der Waals surface area contributed by atoms with E-state index in [0.29, 0.717) is 12.6 Å². The van der Waals surface area contributed by atoms with Gasteiger partial charge in [-0.05, 0) is 25.8 Å². The van der Waals surface area contributed by atoms with Gasteiger partial charge in [0.1, 0.15) is 11.1 Å². The van der Waals surface area contributed by atoms with Crippen LogP contribution in [0.15, 0.2) is 24.3 Å². The van der Waals surface area contributed by atoms with Gasteiger partial charge in [0.2, 0.25) is 5.91 Å². The number of halogens is 1. The van der Waals surface area contributed by atoms with Crippen LogP contribution in [0.2, 0.25) is 0 Å². The molecule has 0 heterocycles. The maximum Gasteiger partial charge on any atom is 0.240 e. The number of alkyl halides is 1. The fourth-order valence-electron chi connectivity index (χ4n) is 2.02. The Morgan fingerprint density at radius 2 is 2.17 bits per heavy atom. The molecule has 1 fully saturated rings. The Bertz CT molecular complexity index is 430. The fraction of sp³-hybridized carbons (Fsp3) is 0.500. The number of para-hydroxylation sites is 1. The van der Waals surface area contributed by atoms with Crippen molar-refractivity contribution < 1.29 is 9.53 Å². The quantitative estimate of drug-likeness (QED) is 0.768. The molecule has 1 aliphatic carbocycles. The molecule has 1 atom stereocenters. The Kier molecular flexibility index (Phi) is 4.12. The largest absolute Gasteiger partial charge is 0.496 e. The van der Waals surface area contributed by atoms with Crippen LogP contribution in [-0.4, -0.2) is 29.3 Å². The van der Waals surface area contributed by atoms with Crippen molar-refractivity contribution >= 4 is 17.5 Å². The summed E-state index contributed by atoms with van der Waals surface area (Å²) in [5, 5.41) is -0.472. The summed E-state index contributed by atoms with van der Waals surface area (Å²) in [6, 6.07) is 8.13. The van der Waals surface area contributed by atoms with Gasteiger partial charge in [-0.1, -0.05) is 18.2 Å². The predicted molar refractivity (Wildman–Crippen MR) is 71.9 cm³/mol. The van der Waals surface area contributed by atoms with E-state index in [-0.39, 0.29) is 5.91 Å². The minimum Gasteiger partial charge on any atom is -0.496 e. The fourth-order valence-corrected chi connectivity index (χ4v) is 2.14. The van der Waals surface area contributed by atoms with E-state index >= 15 is 0 Å².